The van der Waals surface area contributed by atoms with Crippen molar-refractivity contribution in [1.82, 2.24) is 10.2 Å². The van der Waals surface area contributed by atoms with Crippen LogP contribution in [0.2, 0.25) is 0 Å². The highest BCUT2D eigenvalue weighted by atomic mass is 16.5. The summed E-state index contributed by atoms with van der Waals surface area (Å²) in [7, 11) is 3.93. The Kier molecular flexibility index (Phi) is 4.75. The van der Waals surface area contributed by atoms with Gasteiger partial charge in [-0.1, -0.05) is 24.3 Å². The molecule has 3 nitrogen and oxygen atoms in total. The fraction of sp³-hybridized carbons (Fsp3) is 0.600. The minimum atomic E-state index is 0.444. The molecule has 1 aromatic rings. The summed E-state index contributed by atoms with van der Waals surface area (Å²) in [5.41, 5.74) is 2.95. The fourth-order valence-corrected chi connectivity index (χ4v) is 2.59. The monoisotopic (exact) mass is 248 g/mol. The van der Waals surface area contributed by atoms with Gasteiger partial charge in [-0.05, 0) is 38.1 Å². The average molecular weight is 248 g/mol. The molecule has 2 atom stereocenters. The fourth-order valence-electron chi connectivity index (χ4n) is 2.59. The van der Waals surface area contributed by atoms with E-state index in [0.717, 1.165) is 26.1 Å². The third kappa shape index (κ3) is 3.10. The normalized spacial score (nSPS) is 20.8. The van der Waals surface area contributed by atoms with Gasteiger partial charge < -0.3 is 10.1 Å². The third-order valence-corrected chi connectivity index (χ3v) is 3.85. The molecule has 0 amide bonds. The van der Waals surface area contributed by atoms with Gasteiger partial charge in [0.2, 0.25) is 0 Å². The van der Waals surface area contributed by atoms with Gasteiger partial charge in [0.1, 0.15) is 0 Å². The smallest absolute Gasteiger partial charge is 0.0615 e. The summed E-state index contributed by atoms with van der Waals surface area (Å²) in [6.45, 7) is 5.10. The average Bonchev–Trinajstić information content (AvgIpc) is 2.39. The lowest BCUT2D eigenvalue weighted by molar-refractivity contribution is 0.109. The third-order valence-electron chi connectivity index (χ3n) is 3.85. The van der Waals surface area contributed by atoms with Crippen molar-refractivity contribution < 1.29 is 4.74 Å². The minimum absolute atomic E-state index is 0.444. The predicted octanol–water partition coefficient (Wildman–Crippen LogP) is 1.84. The van der Waals surface area contributed by atoms with Crippen LogP contribution in [0.3, 0.4) is 0 Å². The molecule has 2 rings (SSSR count). The molecule has 18 heavy (non-hydrogen) atoms. The van der Waals surface area contributed by atoms with Gasteiger partial charge in [-0.25, -0.2) is 0 Å². The summed E-state index contributed by atoms with van der Waals surface area (Å²) >= 11 is 0. The van der Waals surface area contributed by atoms with E-state index in [1.807, 2.05) is 0 Å². The van der Waals surface area contributed by atoms with Crippen molar-refractivity contribution in [2.24, 2.45) is 0 Å². The van der Waals surface area contributed by atoms with Crippen molar-refractivity contribution in [3.63, 3.8) is 0 Å². The maximum atomic E-state index is 5.22. The molecule has 1 aliphatic rings. The summed E-state index contributed by atoms with van der Waals surface area (Å²) in [6, 6.07) is 9.67. The first-order chi connectivity index (χ1) is 8.72. The zero-order chi connectivity index (χ0) is 13.0. The van der Waals surface area contributed by atoms with E-state index in [9.17, 15) is 0 Å². The standard InChI is InChI=1S/C15H24N2O/c1-12(11-18-3)17(2)10-15-14-7-5-4-6-13(14)8-9-16-15/h4-7,12,15-16H,8-11H2,1-3H3. The van der Waals surface area contributed by atoms with Crippen molar-refractivity contribution in [1.29, 1.82) is 0 Å². The van der Waals surface area contributed by atoms with Gasteiger partial charge in [0.25, 0.3) is 0 Å². The van der Waals surface area contributed by atoms with E-state index in [4.69, 9.17) is 4.74 Å². The van der Waals surface area contributed by atoms with E-state index in [-0.39, 0.29) is 0 Å². The Morgan fingerprint density at radius 1 is 1.44 bits per heavy atom. The number of ether oxygens (including phenoxy) is 1. The molecule has 0 aliphatic carbocycles. The molecule has 100 valence electrons. The summed E-state index contributed by atoms with van der Waals surface area (Å²) < 4.78 is 5.22. The maximum absolute atomic E-state index is 5.22. The van der Waals surface area contributed by atoms with Crippen LogP contribution in [0.15, 0.2) is 24.3 Å². The first-order valence-corrected chi connectivity index (χ1v) is 6.72. The van der Waals surface area contributed by atoms with Gasteiger partial charge in [-0.2, -0.15) is 0 Å². The van der Waals surface area contributed by atoms with Gasteiger partial charge in [0.15, 0.2) is 0 Å². The number of benzene rings is 1. The Morgan fingerprint density at radius 2 is 2.22 bits per heavy atom. The van der Waals surface area contributed by atoms with Crippen LogP contribution in [-0.4, -0.2) is 44.8 Å². The highest BCUT2D eigenvalue weighted by molar-refractivity contribution is 5.32. The highest BCUT2D eigenvalue weighted by Gasteiger charge is 2.21. The number of rotatable bonds is 5. The number of fused-ring (bicyclic) bond motifs is 1. The molecule has 0 saturated carbocycles. The predicted molar refractivity (Wildman–Crippen MR) is 74.9 cm³/mol. The Labute approximate surface area is 110 Å². The molecule has 0 fully saturated rings. The van der Waals surface area contributed by atoms with E-state index < -0.39 is 0 Å². The van der Waals surface area contributed by atoms with Crippen LogP contribution in [0.5, 0.6) is 0 Å². The Balaban J connectivity index is 2.02. The summed E-state index contributed by atoms with van der Waals surface area (Å²) in [5, 5.41) is 3.62. The van der Waals surface area contributed by atoms with Crippen molar-refractivity contribution in [2.45, 2.75) is 25.4 Å². The van der Waals surface area contributed by atoms with Gasteiger partial charge in [0.05, 0.1) is 6.61 Å². The van der Waals surface area contributed by atoms with Crippen molar-refractivity contribution >= 4 is 0 Å². The first-order valence-electron chi connectivity index (χ1n) is 6.72. The minimum Gasteiger partial charge on any atom is -0.383 e. The second-order valence-electron chi connectivity index (χ2n) is 5.20. The molecule has 1 heterocycles. The molecule has 0 spiro atoms. The zero-order valence-electron chi connectivity index (χ0n) is 11.6. The second-order valence-corrected chi connectivity index (χ2v) is 5.20. The summed E-state index contributed by atoms with van der Waals surface area (Å²) in [5.74, 6) is 0. The lowest BCUT2D eigenvalue weighted by Gasteiger charge is -2.33. The SMILES string of the molecule is COCC(C)N(C)CC1NCCc2ccccc21. The van der Waals surface area contributed by atoms with Crippen LogP contribution in [0.25, 0.3) is 0 Å². The first kappa shape index (κ1) is 13.5. The quantitative estimate of drug-likeness (QED) is 0.860. The lowest BCUT2D eigenvalue weighted by Crippen LogP contribution is -2.42. The Bertz CT molecular complexity index is 381. The molecule has 3 heteroatoms. The van der Waals surface area contributed by atoms with Crippen molar-refractivity contribution in [3.05, 3.63) is 35.4 Å². The van der Waals surface area contributed by atoms with Crippen LogP contribution < -0.4 is 5.32 Å². The molecule has 1 N–H and O–H groups in total. The number of hydrogen-bond acceptors (Lipinski definition) is 3. The van der Waals surface area contributed by atoms with Crippen LogP contribution in [-0.2, 0) is 11.2 Å². The van der Waals surface area contributed by atoms with E-state index >= 15 is 0 Å². The second kappa shape index (κ2) is 6.32. The molecule has 0 radical (unpaired) electrons. The number of nitrogens with one attached hydrogen (secondary N) is 1. The highest BCUT2D eigenvalue weighted by Crippen LogP contribution is 2.23. The van der Waals surface area contributed by atoms with E-state index in [1.165, 1.54) is 11.1 Å². The Hall–Kier alpha value is -0.900. The van der Waals surface area contributed by atoms with E-state index in [1.54, 1.807) is 7.11 Å². The van der Waals surface area contributed by atoms with Gasteiger partial charge in [0, 0.05) is 25.7 Å². The van der Waals surface area contributed by atoms with Gasteiger partial charge in [-0.3, -0.25) is 4.90 Å². The van der Waals surface area contributed by atoms with Gasteiger partial charge >= 0.3 is 0 Å². The Morgan fingerprint density at radius 3 is 3.00 bits per heavy atom. The molecular formula is C15H24N2O. The molecule has 1 aliphatic heterocycles. The largest absolute Gasteiger partial charge is 0.383 e. The number of nitrogens with zero attached hydrogens (tertiary/aromatic N) is 1. The lowest BCUT2D eigenvalue weighted by atomic mass is 9.94. The zero-order valence-corrected chi connectivity index (χ0v) is 11.6. The van der Waals surface area contributed by atoms with Crippen LogP contribution in [0.4, 0.5) is 0 Å². The van der Waals surface area contributed by atoms with Crippen LogP contribution >= 0.6 is 0 Å². The molecule has 0 bridgehead atoms. The molecular weight excluding hydrogens is 224 g/mol. The number of hydrogen-bond donors (Lipinski definition) is 1. The summed E-state index contributed by atoms with van der Waals surface area (Å²) in [4.78, 5) is 2.36. The van der Waals surface area contributed by atoms with Crippen molar-refractivity contribution in [2.75, 3.05) is 33.9 Å². The molecule has 0 saturated heterocycles. The summed E-state index contributed by atoms with van der Waals surface area (Å²) in [6.07, 6.45) is 1.14. The molecule has 0 aromatic heterocycles. The topological polar surface area (TPSA) is 24.5 Å². The van der Waals surface area contributed by atoms with E-state index in [2.05, 4.69) is 48.5 Å². The van der Waals surface area contributed by atoms with Crippen molar-refractivity contribution in [3.8, 4) is 0 Å². The number of methoxy groups -OCH3 is 1. The molecule has 2 unspecified atom stereocenters. The van der Waals surface area contributed by atoms with Gasteiger partial charge in [-0.15, -0.1) is 0 Å². The molecule has 1 aromatic carbocycles. The van der Waals surface area contributed by atoms with Crippen LogP contribution in [0.1, 0.15) is 24.1 Å². The maximum Gasteiger partial charge on any atom is 0.0615 e. The number of likely N-dealkylation sites (N-methyl/N-ethyl adjacent to an activating group) is 1. The van der Waals surface area contributed by atoms with Crippen LogP contribution in [0, 0.1) is 0 Å². The van der Waals surface area contributed by atoms with E-state index in [0.29, 0.717) is 12.1 Å².